The zero-order valence-corrected chi connectivity index (χ0v) is 11.6. The molecule has 114 valence electrons. The minimum absolute atomic E-state index is 0.125. The smallest absolute Gasteiger partial charge is 0.261 e. The molecule has 0 spiro atoms. The summed E-state index contributed by atoms with van der Waals surface area (Å²) in [6.07, 6.45) is 0.0352. The number of ether oxygens (including phenoxy) is 1. The first-order valence-electron chi connectivity index (χ1n) is 6.87. The molecule has 0 saturated carbocycles. The maximum Gasteiger partial charge on any atom is 0.261 e. The lowest BCUT2D eigenvalue weighted by molar-refractivity contribution is 0.0183. The fourth-order valence-electron chi connectivity index (χ4n) is 2.32. The fraction of sp³-hybridized carbons (Fsp3) is 0.833. The molecule has 8 heteroatoms. The number of hydrogen-bond acceptors (Lipinski definition) is 5. The van der Waals surface area contributed by atoms with Crippen LogP contribution in [0.2, 0.25) is 0 Å². The number of aromatic nitrogens is 3. The van der Waals surface area contributed by atoms with Crippen LogP contribution in [0.1, 0.15) is 25.6 Å². The number of anilines is 1. The molecule has 1 saturated heterocycles. The van der Waals surface area contributed by atoms with Gasteiger partial charge in [0.25, 0.3) is 6.43 Å². The van der Waals surface area contributed by atoms with Crippen molar-refractivity contribution < 1.29 is 13.5 Å². The molecule has 1 aliphatic heterocycles. The third-order valence-corrected chi connectivity index (χ3v) is 3.55. The Kier molecular flexibility index (Phi) is 5.24. The molecule has 1 aromatic rings. The lowest BCUT2D eigenvalue weighted by Crippen LogP contribution is -2.51. The van der Waals surface area contributed by atoms with Crippen molar-refractivity contribution in [1.82, 2.24) is 15.2 Å². The van der Waals surface area contributed by atoms with E-state index >= 15 is 0 Å². The van der Waals surface area contributed by atoms with Crippen LogP contribution in [0.15, 0.2) is 0 Å². The van der Waals surface area contributed by atoms with Crippen LogP contribution >= 0.6 is 0 Å². The van der Waals surface area contributed by atoms with Crippen LogP contribution in [0.5, 0.6) is 0 Å². The number of nitrogens with zero attached hydrogens (tertiary/aromatic N) is 3. The second kappa shape index (κ2) is 6.94. The zero-order valence-electron chi connectivity index (χ0n) is 11.6. The molecule has 2 rings (SSSR count). The Bertz CT molecular complexity index is 414. The first-order valence-corrected chi connectivity index (χ1v) is 6.87. The van der Waals surface area contributed by atoms with E-state index in [2.05, 4.69) is 27.0 Å². The predicted molar refractivity (Wildman–Crippen MR) is 70.9 cm³/mol. The van der Waals surface area contributed by atoms with Gasteiger partial charge in [-0.2, -0.15) is 4.98 Å². The molecule has 0 bridgehead atoms. The Balaban J connectivity index is 1.85. The molecule has 0 aliphatic carbocycles. The van der Waals surface area contributed by atoms with Crippen molar-refractivity contribution >= 4 is 5.95 Å². The Hall–Kier alpha value is -1.28. The van der Waals surface area contributed by atoms with Crippen LogP contribution in [0, 0.1) is 0 Å². The van der Waals surface area contributed by atoms with Crippen molar-refractivity contribution in [2.45, 2.75) is 44.7 Å². The summed E-state index contributed by atoms with van der Waals surface area (Å²) >= 11 is 0. The summed E-state index contributed by atoms with van der Waals surface area (Å²) in [5.41, 5.74) is 6.04. The van der Waals surface area contributed by atoms with Crippen molar-refractivity contribution in [3.8, 4) is 0 Å². The maximum absolute atomic E-state index is 11.9. The van der Waals surface area contributed by atoms with E-state index in [0.717, 1.165) is 19.4 Å². The van der Waals surface area contributed by atoms with Gasteiger partial charge >= 0.3 is 0 Å². The lowest BCUT2D eigenvalue weighted by atomic mass is 9.99. The van der Waals surface area contributed by atoms with Crippen LogP contribution in [-0.2, 0) is 11.2 Å². The van der Waals surface area contributed by atoms with Gasteiger partial charge in [0.05, 0.1) is 6.61 Å². The molecule has 3 N–H and O–H groups in total. The molecule has 0 aromatic carbocycles. The number of halogens is 2. The minimum Gasteiger partial charge on any atom is -0.375 e. The summed E-state index contributed by atoms with van der Waals surface area (Å²) in [5, 5.41) is 6.98. The van der Waals surface area contributed by atoms with Gasteiger partial charge in [-0.1, -0.05) is 0 Å². The number of nitrogens with one attached hydrogen (secondary N) is 1. The molecular weight excluding hydrogens is 268 g/mol. The summed E-state index contributed by atoms with van der Waals surface area (Å²) in [7, 11) is 0. The van der Waals surface area contributed by atoms with Gasteiger partial charge in [-0.05, 0) is 19.8 Å². The molecular formula is C12H21F2N5O. The summed E-state index contributed by atoms with van der Waals surface area (Å²) in [6, 6.07) is 0.322. The Morgan fingerprint density at radius 2 is 2.35 bits per heavy atom. The average Bonchev–Trinajstić information content (AvgIpc) is 2.86. The molecule has 1 fully saturated rings. The summed E-state index contributed by atoms with van der Waals surface area (Å²) in [4.78, 5) is 6.45. The highest BCUT2D eigenvalue weighted by Crippen LogP contribution is 2.20. The van der Waals surface area contributed by atoms with E-state index in [9.17, 15) is 8.78 Å². The molecule has 0 radical (unpaired) electrons. The second-order valence-electron chi connectivity index (χ2n) is 5.04. The highest BCUT2D eigenvalue weighted by molar-refractivity contribution is 5.32. The van der Waals surface area contributed by atoms with Crippen LogP contribution in [-0.4, -0.2) is 53.4 Å². The van der Waals surface area contributed by atoms with E-state index in [0.29, 0.717) is 18.2 Å². The van der Waals surface area contributed by atoms with Crippen molar-refractivity contribution in [2.75, 3.05) is 24.7 Å². The zero-order chi connectivity index (χ0) is 14.5. The van der Waals surface area contributed by atoms with Gasteiger partial charge in [0.15, 0.2) is 0 Å². The van der Waals surface area contributed by atoms with Gasteiger partial charge in [0.2, 0.25) is 5.95 Å². The predicted octanol–water partition coefficient (Wildman–Crippen LogP) is 0.945. The van der Waals surface area contributed by atoms with Gasteiger partial charge in [-0.15, -0.1) is 5.10 Å². The largest absolute Gasteiger partial charge is 0.375 e. The standard InChI is InChI=1S/C12H21F2N5O/c1-8-9(15)3-2-5-19(8)12-16-11(17-18-12)4-6-20-7-10(13)14/h8-10H,2-7,15H2,1H3,(H,16,17,18). The maximum atomic E-state index is 11.9. The van der Waals surface area contributed by atoms with Crippen molar-refractivity contribution in [1.29, 1.82) is 0 Å². The number of aromatic amines is 1. The molecule has 6 nitrogen and oxygen atoms in total. The van der Waals surface area contributed by atoms with Gasteiger partial charge in [-0.25, -0.2) is 8.78 Å². The van der Waals surface area contributed by atoms with Gasteiger partial charge in [-0.3, -0.25) is 5.10 Å². The van der Waals surface area contributed by atoms with E-state index in [-0.39, 0.29) is 18.7 Å². The summed E-state index contributed by atoms with van der Waals surface area (Å²) < 4.78 is 28.6. The van der Waals surface area contributed by atoms with Crippen molar-refractivity contribution in [3.63, 3.8) is 0 Å². The quantitative estimate of drug-likeness (QED) is 0.762. The minimum atomic E-state index is -2.43. The highest BCUT2D eigenvalue weighted by Gasteiger charge is 2.27. The average molecular weight is 289 g/mol. The molecule has 1 aliphatic rings. The number of rotatable bonds is 6. The fourth-order valence-corrected chi connectivity index (χ4v) is 2.32. The Morgan fingerprint density at radius 3 is 3.10 bits per heavy atom. The molecule has 0 amide bonds. The van der Waals surface area contributed by atoms with E-state index in [4.69, 9.17) is 10.5 Å². The number of H-pyrrole nitrogens is 1. The Morgan fingerprint density at radius 1 is 1.55 bits per heavy atom. The third kappa shape index (κ3) is 3.86. The van der Waals surface area contributed by atoms with Gasteiger partial charge < -0.3 is 15.4 Å². The van der Waals surface area contributed by atoms with Crippen molar-refractivity contribution in [2.24, 2.45) is 5.73 Å². The van der Waals surface area contributed by atoms with E-state index in [1.807, 2.05) is 0 Å². The SMILES string of the molecule is CC1C(N)CCCN1c1n[nH]c(CCOCC(F)F)n1. The number of piperidine rings is 1. The molecule has 20 heavy (non-hydrogen) atoms. The van der Waals surface area contributed by atoms with E-state index in [1.54, 1.807) is 0 Å². The van der Waals surface area contributed by atoms with Crippen LogP contribution in [0.3, 0.4) is 0 Å². The normalized spacial score (nSPS) is 23.6. The molecule has 2 atom stereocenters. The highest BCUT2D eigenvalue weighted by atomic mass is 19.3. The van der Waals surface area contributed by atoms with Crippen LogP contribution < -0.4 is 10.6 Å². The first-order chi connectivity index (χ1) is 9.58. The molecule has 1 aromatic heterocycles. The number of hydrogen-bond donors (Lipinski definition) is 2. The number of nitrogens with two attached hydrogens (primary N) is 1. The first kappa shape index (κ1) is 15.1. The van der Waals surface area contributed by atoms with Gasteiger partial charge in [0, 0.05) is 25.0 Å². The van der Waals surface area contributed by atoms with Crippen LogP contribution in [0.4, 0.5) is 14.7 Å². The van der Waals surface area contributed by atoms with Gasteiger partial charge in [0.1, 0.15) is 12.4 Å². The lowest BCUT2D eigenvalue weighted by Gasteiger charge is -2.36. The summed E-state index contributed by atoms with van der Waals surface area (Å²) in [6.45, 7) is 2.60. The topological polar surface area (TPSA) is 80.1 Å². The van der Waals surface area contributed by atoms with E-state index < -0.39 is 13.0 Å². The third-order valence-electron chi connectivity index (χ3n) is 3.55. The van der Waals surface area contributed by atoms with Crippen LogP contribution in [0.25, 0.3) is 0 Å². The second-order valence-corrected chi connectivity index (χ2v) is 5.04. The van der Waals surface area contributed by atoms with E-state index in [1.165, 1.54) is 0 Å². The monoisotopic (exact) mass is 289 g/mol. The number of alkyl halides is 2. The Labute approximate surface area is 116 Å². The van der Waals surface area contributed by atoms with Crippen molar-refractivity contribution in [3.05, 3.63) is 5.82 Å². The molecule has 2 heterocycles. The summed E-state index contributed by atoms with van der Waals surface area (Å²) in [5.74, 6) is 1.26. The molecule has 2 unspecified atom stereocenters.